The van der Waals surface area contributed by atoms with Gasteiger partial charge in [-0.2, -0.15) is 0 Å². The molecule has 1 fully saturated rings. The Kier molecular flexibility index (Phi) is 6.72. The molecule has 3 amide bonds. The summed E-state index contributed by atoms with van der Waals surface area (Å²) < 4.78 is 5.58. The molecule has 0 saturated carbocycles. The van der Waals surface area contributed by atoms with Crippen LogP contribution in [0.25, 0.3) is 11.1 Å². The number of carbonyl (C=O) groups excluding carboxylic acids is 4. The van der Waals surface area contributed by atoms with Crippen molar-refractivity contribution in [3.05, 3.63) is 30.2 Å². The number of oxazole rings is 1. The van der Waals surface area contributed by atoms with Gasteiger partial charge in [0.25, 0.3) is 5.89 Å². The first-order chi connectivity index (χ1) is 14.7. The van der Waals surface area contributed by atoms with Crippen LogP contribution in [0, 0.1) is 5.92 Å². The minimum atomic E-state index is -0.842. The van der Waals surface area contributed by atoms with Crippen LogP contribution in [0.2, 0.25) is 0 Å². The van der Waals surface area contributed by atoms with Crippen LogP contribution in [0.4, 0.5) is 0 Å². The molecular weight excluding hydrogens is 400 g/mol. The smallest absolute Gasteiger partial charge is 0.266 e. The quantitative estimate of drug-likeness (QED) is 0.647. The van der Waals surface area contributed by atoms with E-state index in [0.717, 1.165) is 0 Å². The summed E-state index contributed by atoms with van der Waals surface area (Å²) in [5.41, 5.74) is 1.07. The van der Waals surface area contributed by atoms with Crippen LogP contribution in [0.1, 0.15) is 51.2 Å². The standard InChI is InChI=1S/C22H28N4O5/c1-12(2)18(19(28)21-24-15-8-5-6-10-17(15)31-21)25-20(29)16-9-7-11-26(16)22(30)13(3)23-14(4)27/h5-6,8,10,12-13,16,18H,7,9,11H2,1-4H3,(H,23,27)(H,25,29)/t13-,16-,18-/m0/s1. The van der Waals surface area contributed by atoms with Crippen molar-refractivity contribution in [2.75, 3.05) is 6.54 Å². The molecule has 1 aromatic carbocycles. The van der Waals surface area contributed by atoms with E-state index in [1.165, 1.54) is 11.8 Å². The Hall–Kier alpha value is -3.23. The SMILES string of the molecule is CC(=O)N[C@@H](C)C(=O)N1CCC[C@H]1C(=O)N[C@H](C(=O)c1nc2ccccc2o1)C(C)C. The molecule has 1 aromatic heterocycles. The first-order valence-electron chi connectivity index (χ1n) is 10.5. The van der Waals surface area contributed by atoms with Gasteiger partial charge in [0.05, 0.1) is 6.04 Å². The molecule has 31 heavy (non-hydrogen) atoms. The second-order valence-electron chi connectivity index (χ2n) is 8.19. The maximum Gasteiger partial charge on any atom is 0.266 e. The molecule has 0 radical (unpaired) electrons. The molecule has 0 spiro atoms. The molecule has 9 nitrogen and oxygen atoms in total. The Morgan fingerprint density at radius 2 is 1.84 bits per heavy atom. The molecule has 1 saturated heterocycles. The molecule has 166 valence electrons. The van der Waals surface area contributed by atoms with Gasteiger partial charge in [-0.25, -0.2) is 4.98 Å². The van der Waals surface area contributed by atoms with Crippen LogP contribution in [-0.4, -0.2) is 58.1 Å². The largest absolute Gasteiger partial charge is 0.434 e. The predicted octanol–water partition coefficient (Wildman–Crippen LogP) is 1.67. The molecule has 1 aliphatic rings. The van der Waals surface area contributed by atoms with Gasteiger partial charge in [0.15, 0.2) is 5.58 Å². The summed E-state index contributed by atoms with van der Waals surface area (Å²) >= 11 is 0. The van der Waals surface area contributed by atoms with Gasteiger partial charge in [0, 0.05) is 13.5 Å². The maximum absolute atomic E-state index is 13.1. The van der Waals surface area contributed by atoms with E-state index in [2.05, 4.69) is 15.6 Å². The second-order valence-corrected chi connectivity index (χ2v) is 8.19. The van der Waals surface area contributed by atoms with Crippen LogP contribution >= 0.6 is 0 Å². The fourth-order valence-electron chi connectivity index (χ4n) is 3.81. The van der Waals surface area contributed by atoms with Crippen molar-refractivity contribution in [3.63, 3.8) is 0 Å². The number of para-hydroxylation sites is 2. The van der Waals surface area contributed by atoms with E-state index in [0.29, 0.717) is 30.5 Å². The van der Waals surface area contributed by atoms with Crippen molar-refractivity contribution in [1.29, 1.82) is 0 Å². The van der Waals surface area contributed by atoms with Crippen LogP contribution in [-0.2, 0) is 14.4 Å². The van der Waals surface area contributed by atoms with Crippen LogP contribution < -0.4 is 10.6 Å². The fraction of sp³-hybridized carbons (Fsp3) is 0.500. The molecule has 3 atom stereocenters. The molecule has 0 unspecified atom stereocenters. The van der Waals surface area contributed by atoms with E-state index in [1.807, 2.05) is 13.8 Å². The zero-order valence-corrected chi connectivity index (χ0v) is 18.2. The van der Waals surface area contributed by atoms with Gasteiger partial charge in [-0.1, -0.05) is 26.0 Å². The summed E-state index contributed by atoms with van der Waals surface area (Å²) in [4.78, 5) is 55.8. The zero-order valence-electron chi connectivity index (χ0n) is 18.2. The molecule has 9 heteroatoms. The number of hydrogen-bond acceptors (Lipinski definition) is 6. The molecular formula is C22H28N4O5. The number of Topliss-reactive ketones (excluding diaryl/α,β-unsaturated/α-hetero) is 1. The third-order valence-corrected chi connectivity index (χ3v) is 5.38. The highest BCUT2D eigenvalue weighted by Crippen LogP contribution is 2.21. The van der Waals surface area contributed by atoms with Gasteiger partial charge in [0.1, 0.15) is 17.6 Å². The van der Waals surface area contributed by atoms with Gasteiger partial charge >= 0.3 is 0 Å². The van der Waals surface area contributed by atoms with Crippen LogP contribution in [0.15, 0.2) is 28.7 Å². The lowest BCUT2D eigenvalue weighted by atomic mass is 9.99. The summed E-state index contributed by atoms with van der Waals surface area (Å²) in [6.07, 6.45) is 1.16. The van der Waals surface area contributed by atoms with Gasteiger partial charge in [0.2, 0.25) is 23.5 Å². The average molecular weight is 428 g/mol. The van der Waals surface area contributed by atoms with Gasteiger partial charge < -0.3 is 20.0 Å². The minimum Gasteiger partial charge on any atom is -0.434 e. The lowest BCUT2D eigenvalue weighted by Crippen LogP contribution is -2.55. The van der Waals surface area contributed by atoms with Crippen molar-refractivity contribution in [3.8, 4) is 0 Å². The topological polar surface area (TPSA) is 122 Å². The number of ketones is 1. The van der Waals surface area contributed by atoms with Gasteiger partial charge in [-0.3, -0.25) is 19.2 Å². The van der Waals surface area contributed by atoms with Crippen molar-refractivity contribution < 1.29 is 23.6 Å². The first kappa shape index (κ1) is 22.5. The molecule has 0 bridgehead atoms. The van der Waals surface area contributed by atoms with Gasteiger partial charge in [-0.15, -0.1) is 0 Å². The molecule has 1 aliphatic heterocycles. The number of aromatic nitrogens is 1. The Bertz CT molecular complexity index is 966. The fourth-order valence-corrected chi connectivity index (χ4v) is 3.81. The van der Waals surface area contributed by atoms with E-state index in [-0.39, 0.29) is 23.6 Å². The van der Waals surface area contributed by atoms with Crippen molar-refractivity contribution in [1.82, 2.24) is 20.5 Å². The minimum absolute atomic E-state index is 0.0566. The first-order valence-corrected chi connectivity index (χ1v) is 10.5. The summed E-state index contributed by atoms with van der Waals surface area (Å²) in [6.45, 7) is 6.99. The van der Waals surface area contributed by atoms with E-state index < -0.39 is 29.8 Å². The van der Waals surface area contributed by atoms with Crippen molar-refractivity contribution >= 4 is 34.6 Å². The number of rotatable bonds is 7. The molecule has 2 aromatic rings. The molecule has 2 N–H and O–H groups in total. The van der Waals surface area contributed by atoms with Crippen LogP contribution in [0.3, 0.4) is 0 Å². The summed E-state index contributed by atoms with van der Waals surface area (Å²) in [7, 11) is 0. The molecule has 3 rings (SSSR count). The third kappa shape index (κ3) is 4.92. The molecule has 2 heterocycles. The zero-order chi connectivity index (χ0) is 22.7. The Balaban J connectivity index is 1.74. The Labute approximate surface area is 180 Å². The third-order valence-electron chi connectivity index (χ3n) is 5.38. The number of amides is 3. The van der Waals surface area contributed by atoms with E-state index >= 15 is 0 Å². The average Bonchev–Trinajstić information content (AvgIpc) is 3.37. The summed E-state index contributed by atoms with van der Waals surface area (Å²) in [5.74, 6) is -1.72. The monoisotopic (exact) mass is 428 g/mol. The Morgan fingerprint density at radius 3 is 2.48 bits per heavy atom. The lowest BCUT2D eigenvalue weighted by molar-refractivity contribution is -0.141. The number of hydrogen-bond donors (Lipinski definition) is 2. The Morgan fingerprint density at radius 1 is 1.13 bits per heavy atom. The highest BCUT2D eigenvalue weighted by molar-refractivity contribution is 6.01. The van der Waals surface area contributed by atoms with Crippen molar-refractivity contribution in [2.24, 2.45) is 5.92 Å². The van der Waals surface area contributed by atoms with Crippen LogP contribution in [0.5, 0.6) is 0 Å². The number of nitrogens with zero attached hydrogens (tertiary/aromatic N) is 2. The maximum atomic E-state index is 13.1. The highest BCUT2D eigenvalue weighted by atomic mass is 16.4. The van der Waals surface area contributed by atoms with E-state index in [4.69, 9.17) is 4.42 Å². The van der Waals surface area contributed by atoms with Gasteiger partial charge in [-0.05, 0) is 37.8 Å². The van der Waals surface area contributed by atoms with E-state index in [9.17, 15) is 19.2 Å². The molecule has 0 aliphatic carbocycles. The lowest BCUT2D eigenvalue weighted by Gasteiger charge is -2.29. The number of nitrogens with one attached hydrogen (secondary N) is 2. The number of fused-ring (bicyclic) bond motifs is 1. The number of likely N-dealkylation sites (tertiary alicyclic amines) is 1. The second kappa shape index (κ2) is 9.28. The highest BCUT2D eigenvalue weighted by Gasteiger charge is 2.38. The van der Waals surface area contributed by atoms with E-state index in [1.54, 1.807) is 31.2 Å². The normalized spacial score (nSPS) is 18.1. The van der Waals surface area contributed by atoms with Crippen molar-refractivity contribution in [2.45, 2.75) is 58.7 Å². The predicted molar refractivity (Wildman–Crippen MR) is 113 cm³/mol. The summed E-state index contributed by atoms with van der Waals surface area (Å²) in [5, 5.41) is 5.35. The number of benzene rings is 1. The number of carbonyl (C=O) groups is 4. The summed E-state index contributed by atoms with van der Waals surface area (Å²) in [6, 6.07) is 4.79.